The van der Waals surface area contributed by atoms with Crippen LogP contribution in [0, 0.1) is 11.8 Å². The Morgan fingerprint density at radius 1 is 1.36 bits per heavy atom. The fourth-order valence-corrected chi connectivity index (χ4v) is 3.47. The van der Waals surface area contributed by atoms with E-state index in [1.165, 1.54) is 25.1 Å². The second-order valence-corrected chi connectivity index (χ2v) is 5.01. The highest BCUT2D eigenvalue weighted by Crippen LogP contribution is 2.62. The first kappa shape index (κ1) is 8.89. The van der Waals surface area contributed by atoms with Gasteiger partial charge in [-0.05, 0) is 24.7 Å². The van der Waals surface area contributed by atoms with Gasteiger partial charge in [-0.25, -0.2) is 0 Å². The molecule has 0 amide bonds. The Balaban J connectivity index is 1.87. The van der Waals surface area contributed by atoms with E-state index >= 15 is 0 Å². The minimum Gasteiger partial charge on any atom is -0.317 e. The zero-order chi connectivity index (χ0) is 9.71. The van der Waals surface area contributed by atoms with Gasteiger partial charge in [-0.2, -0.15) is 0 Å². The number of alkyl halides is 1. The molecule has 0 spiro atoms. The van der Waals surface area contributed by atoms with Crippen LogP contribution in [0.2, 0.25) is 0 Å². The first-order chi connectivity index (χ1) is 6.83. The number of nitrogens with zero attached hydrogens (tertiary/aromatic N) is 3. The molecule has 0 bridgehead atoms. The predicted molar refractivity (Wildman–Crippen MR) is 57.2 cm³/mol. The molecule has 0 N–H and O–H groups in total. The average molecular weight is 256 g/mol. The maximum atomic E-state index is 4.31. The van der Waals surface area contributed by atoms with Gasteiger partial charge in [-0.15, -0.1) is 10.2 Å². The minimum atomic E-state index is 0.731. The summed E-state index contributed by atoms with van der Waals surface area (Å²) in [5.74, 6) is 4.86. The Morgan fingerprint density at radius 3 is 2.64 bits per heavy atom. The summed E-state index contributed by atoms with van der Waals surface area (Å²) in [6.07, 6.45) is 4.24. The van der Waals surface area contributed by atoms with Crippen molar-refractivity contribution in [3.8, 4) is 0 Å². The third-order valence-corrected chi connectivity index (χ3v) is 4.32. The van der Waals surface area contributed by atoms with Crippen LogP contribution in [0.25, 0.3) is 0 Å². The molecule has 3 rings (SSSR count). The van der Waals surface area contributed by atoms with Gasteiger partial charge in [0, 0.05) is 13.0 Å². The highest BCUT2D eigenvalue weighted by Gasteiger charge is 2.55. The molecule has 2 aliphatic rings. The molecule has 1 aromatic heterocycles. The predicted octanol–water partition coefficient (Wildman–Crippen LogP) is 2.22. The lowest BCUT2D eigenvalue weighted by Gasteiger charge is -2.03. The van der Waals surface area contributed by atoms with Crippen LogP contribution in [-0.2, 0) is 12.4 Å². The minimum absolute atomic E-state index is 0.731. The van der Waals surface area contributed by atoms with Crippen LogP contribution in [0.4, 0.5) is 0 Å². The molecule has 0 saturated heterocycles. The highest BCUT2D eigenvalue weighted by atomic mass is 79.9. The van der Waals surface area contributed by atoms with Crippen molar-refractivity contribution in [1.29, 1.82) is 0 Å². The Kier molecular flexibility index (Phi) is 1.94. The molecular weight excluding hydrogens is 242 g/mol. The van der Waals surface area contributed by atoms with E-state index in [2.05, 4.69) is 37.7 Å². The number of rotatable bonds is 2. The number of aromatic nitrogens is 3. The van der Waals surface area contributed by atoms with Gasteiger partial charge in [0.15, 0.2) is 0 Å². The monoisotopic (exact) mass is 255 g/mol. The topological polar surface area (TPSA) is 30.7 Å². The van der Waals surface area contributed by atoms with Gasteiger partial charge < -0.3 is 4.57 Å². The Bertz CT molecular complexity index is 350. The number of hydrogen-bond acceptors (Lipinski definition) is 2. The quantitative estimate of drug-likeness (QED) is 0.759. The Labute approximate surface area is 92.0 Å². The zero-order valence-electron chi connectivity index (χ0n) is 8.28. The number of hydrogen-bond donors (Lipinski definition) is 0. The fraction of sp³-hybridized carbons (Fsp3) is 0.800. The molecule has 1 aromatic rings. The summed E-state index contributed by atoms with van der Waals surface area (Å²) in [5, 5.41) is 9.31. The lowest BCUT2D eigenvalue weighted by Crippen LogP contribution is -2.01. The van der Waals surface area contributed by atoms with E-state index in [-0.39, 0.29) is 0 Å². The molecule has 0 aliphatic heterocycles. The third-order valence-electron chi connectivity index (χ3n) is 3.82. The molecule has 2 aliphatic carbocycles. The lowest BCUT2D eigenvalue weighted by molar-refractivity contribution is 0.633. The second-order valence-electron chi connectivity index (χ2n) is 4.45. The van der Waals surface area contributed by atoms with Crippen molar-refractivity contribution in [2.45, 2.75) is 30.5 Å². The van der Waals surface area contributed by atoms with E-state index in [0.717, 1.165) is 28.9 Å². The van der Waals surface area contributed by atoms with Crippen molar-refractivity contribution >= 4 is 15.9 Å². The number of fused-ring (bicyclic) bond motifs is 1. The molecule has 2 fully saturated rings. The van der Waals surface area contributed by atoms with Crippen molar-refractivity contribution in [1.82, 2.24) is 14.8 Å². The molecule has 2 atom stereocenters. The molecule has 2 saturated carbocycles. The summed E-state index contributed by atoms with van der Waals surface area (Å²) in [6.45, 7) is 0. The van der Waals surface area contributed by atoms with E-state index in [4.69, 9.17) is 0 Å². The summed E-state index contributed by atoms with van der Waals surface area (Å²) in [5.41, 5.74) is 0. The smallest absolute Gasteiger partial charge is 0.143 e. The van der Waals surface area contributed by atoms with Crippen molar-refractivity contribution < 1.29 is 0 Å². The molecule has 1 heterocycles. The molecular formula is C10H14BrN3. The van der Waals surface area contributed by atoms with Crippen LogP contribution in [0.15, 0.2) is 0 Å². The van der Waals surface area contributed by atoms with Crippen molar-refractivity contribution in [2.24, 2.45) is 18.9 Å². The van der Waals surface area contributed by atoms with Crippen LogP contribution in [-0.4, -0.2) is 14.8 Å². The number of halogens is 1. The summed E-state index contributed by atoms with van der Waals surface area (Å²) in [7, 11) is 2.08. The molecule has 76 valence electrons. The van der Waals surface area contributed by atoms with Gasteiger partial charge in [-0.3, -0.25) is 0 Å². The van der Waals surface area contributed by atoms with E-state index < -0.39 is 0 Å². The fourth-order valence-electron chi connectivity index (χ4n) is 2.99. The maximum absolute atomic E-state index is 4.31. The first-order valence-corrected chi connectivity index (χ1v) is 6.39. The van der Waals surface area contributed by atoms with Crippen LogP contribution in [0.1, 0.15) is 36.8 Å². The normalized spacial score (nSPS) is 34.6. The van der Waals surface area contributed by atoms with Crippen LogP contribution in [0.3, 0.4) is 0 Å². The Hall–Kier alpha value is -0.380. The van der Waals surface area contributed by atoms with E-state index in [9.17, 15) is 0 Å². The summed E-state index contributed by atoms with van der Waals surface area (Å²) < 4.78 is 2.16. The zero-order valence-corrected chi connectivity index (χ0v) is 9.87. The van der Waals surface area contributed by atoms with Crippen LogP contribution in [0.5, 0.6) is 0 Å². The average Bonchev–Trinajstić information content (AvgIpc) is 2.62. The first-order valence-electron chi connectivity index (χ1n) is 5.27. The van der Waals surface area contributed by atoms with E-state index in [1.54, 1.807) is 0 Å². The van der Waals surface area contributed by atoms with Gasteiger partial charge in [-0.1, -0.05) is 22.4 Å². The van der Waals surface area contributed by atoms with Crippen molar-refractivity contribution in [2.75, 3.05) is 0 Å². The molecule has 14 heavy (non-hydrogen) atoms. The van der Waals surface area contributed by atoms with Gasteiger partial charge >= 0.3 is 0 Å². The van der Waals surface area contributed by atoms with Gasteiger partial charge in [0.2, 0.25) is 0 Å². The maximum Gasteiger partial charge on any atom is 0.143 e. The largest absolute Gasteiger partial charge is 0.317 e. The third kappa shape index (κ3) is 1.09. The van der Waals surface area contributed by atoms with E-state index in [0.29, 0.717) is 0 Å². The van der Waals surface area contributed by atoms with Gasteiger partial charge in [0.05, 0.1) is 5.33 Å². The molecule has 0 radical (unpaired) electrons. The van der Waals surface area contributed by atoms with Crippen LogP contribution >= 0.6 is 15.9 Å². The summed E-state index contributed by atoms with van der Waals surface area (Å²) in [4.78, 5) is 0. The lowest BCUT2D eigenvalue weighted by atomic mass is 10.1. The van der Waals surface area contributed by atoms with Gasteiger partial charge in [0.25, 0.3) is 0 Å². The van der Waals surface area contributed by atoms with E-state index in [1.807, 2.05) is 0 Å². The molecule has 0 aromatic carbocycles. The molecule has 2 unspecified atom stereocenters. The standard InChI is InChI=1S/C10H14BrN3/c1-14-8(5-11)12-13-10(14)9-6-3-2-4-7(6)9/h6-7,9H,2-5H2,1H3. The highest BCUT2D eigenvalue weighted by molar-refractivity contribution is 9.08. The molecule has 3 nitrogen and oxygen atoms in total. The van der Waals surface area contributed by atoms with Crippen molar-refractivity contribution in [3.05, 3.63) is 11.6 Å². The Morgan fingerprint density at radius 2 is 2.07 bits per heavy atom. The summed E-state index contributed by atoms with van der Waals surface area (Å²) in [6, 6.07) is 0. The van der Waals surface area contributed by atoms with Gasteiger partial charge in [0.1, 0.15) is 11.6 Å². The SMILES string of the molecule is Cn1c(CBr)nnc1C1C2CCCC21. The van der Waals surface area contributed by atoms with Crippen molar-refractivity contribution in [3.63, 3.8) is 0 Å². The molecule has 4 heteroatoms. The summed E-state index contributed by atoms with van der Waals surface area (Å²) >= 11 is 3.43. The second kappa shape index (κ2) is 3.05. The van der Waals surface area contributed by atoms with Crippen LogP contribution < -0.4 is 0 Å².